The molecule has 0 saturated heterocycles. The first-order valence-corrected chi connectivity index (χ1v) is 25.2. The zero-order chi connectivity index (χ0) is 47.8. The van der Waals surface area contributed by atoms with Crippen molar-refractivity contribution >= 4 is 68.7 Å². The van der Waals surface area contributed by atoms with E-state index in [9.17, 15) is 61.8 Å². The number of H-pyrrole nitrogens is 4. The maximum absolute atomic E-state index is 13.4. The van der Waals surface area contributed by atoms with Crippen molar-refractivity contribution in [2.45, 2.75) is 19.6 Å². The van der Waals surface area contributed by atoms with E-state index in [-0.39, 0.29) is 32.1 Å². The van der Waals surface area contributed by atoms with E-state index >= 15 is 0 Å². The van der Waals surface area contributed by atoms with Gasteiger partial charge in [0, 0.05) is 49.7 Å². The Morgan fingerprint density at radius 1 is 0.358 bits per heavy atom. The van der Waals surface area contributed by atoms with Gasteiger partial charge in [-0.2, -0.15) is 33.7 Å². The van der Waals surface area contributed by atoms with E-state index in [1.165, 1.54) is 97.1 Å². The second kappa shape index (κ2) is 16.2. The Labute approximate surface area is 379 Å². The number of hydrogen-bond acceptors (Lipinski definition) is 9. The molecule has 340 valence electrons. The molecule has 1 aliphatic heterocycles. The topological polar surface area (TPSA) is 318 Å². The van der Waals surface area contributed by atoms with E-state index in [0.29, 0.717) is 72.0 Å². The molecular formula is C45H32N4O14S4. The van der Waals surface area contributed by atoms with Gasteiger partial charge in [0.1, 0.15) is 5.57 Å². The van der Waals surface area contributed by atoms with Crippen molar-refractivity contribution in [1.82, 2.24) is 19.9 Å². The van der Waals surface area contributed by atoms with Crippen molar-refractivity contribution in [3.63, 3.8) is 0 Å². The Hall–Kier alpha value is -7.41. The molecule has 1 aliphatic rings. The van der Waals surface area contributed by atoms with Crippen LogP contribution in [0.15, 0.2) is 159 Å². The molecule has 18 nitrogen and oxygen atoms in total. The summed E-state index contributed by atoms with van der Waals surface area (Å²) in [4.78, 5) is 25.0. The van der Waals surface area contributed by atoms with Gasteiger partial charge >= 0.3 is 5.97 Å². The third kappa shape index (κ3) is 8.61. The number of hydrogen-bond donors (Lipinski definition) is 9. The fourth-order valence-corrected chi connectivity index (χ4v) is 9.90. The van der Waals surface area contributed by atoms with Gasteiger partial charge in [0.25, 0.3) is 40.5 Å². The molecule has 0 fully saturated rings. The minimum absolute atomic E-state index is 0.0306. The number of aromatic amines is 4. The first-order valence-electron chi connectivity index (χ1n) is 19.4. The van der Waals surface area contributed by atoms with E-state index in [1.807, 2.05) is 0 Å². The Bertz CT molecular complexity index is 4080. The van der Waals surface area contributed by atoms with Gasteiger partial charge in [-0.25, -0.2) is 4.79 Å². The lowest BCUT2D eigenvalue weighted by Gasteiger charge is -2.11. The maximum Gasteiger partial charge on any atom is 0.339 e. The molecule has 0 amide bonds. The molecule has 0 radical (unpaired) electrons. The number of benzene rings is 4. The molecule has 8 bridgehead atoms. The Morgan fingerprint density at radius 3 is 1.06 bits per heavy atom. The van der Waals surface area contributed by atoms with Crippen LogP contribution in [-0.4, -0.2) is 82.9 Å². The number of aliphatic carboxylic acids is 1. The average Bonchev–Trinajstić information content (AvgIpc) is 4.10. The Balaban J connectivity index is 1.45. The van der Waals surface area contributed by atoms with Crippen molar-refractivity contribution in [3.05, 3.63) is 200 Å². The van der Waals surface area contributed by atoms with Gasteiger partial charge in [-0.3, -0.25) is 18.2 Å². The van der Waals surface area contributed by atoms with Gasteiger partial charge in [-0.1, -0.05) is 48.5 Å². The van der Waals surface area contributed by atoms with Crippen molar-refractivity contribution in [2.24, 2.45) is 0 Å². The zero-order valence-electron chi connectivity index (χ0n) is 33.8. The van der Waals surface area contributed by atoms with Crippen LogP contribution in [0.1, 0.15) is 39.5 Å². The molecular weight excluding hydrogens is 949 g/mol. The van der Waals surface area contributed by atoms with Crippen LogP contribution >= 0.6 is 0 Å². The van der Waals surface area contributed by atoms with E-state index < -0.39 is 56.2 Å². The summed E-state index contributed by atoms with van der Waals surface area (Å²) in [6.45, 7) is 0. The SMILES string of the molecule is O=C(O)C1=c2ccc([nH]2)=C(c2ccc(S(=O)(=O)O)cc2)c2ccc([nH]2)C(c2ccc(S(=O)(=O)O)cc2)=c2ccc([nH]2)=C(c2ccc(S(=O)(=O)O)cc2)c2[nH]c1cc2-c1ccc(S(=O)(=O)O)cc1. The number of carboxylic acid groups (broad SMARTS) is 1. The maximum atomic E-state index is 13.4. The van der Waals surface area contributed by atoms with Crippen LogP contribution < -0.4 is 21.4 Å². The zero-order valence-corrected chi connectivity index (χ0v) is 37.1. The molecule has 0 atom stereocenters. The highest BCUT2D eigenvalue weighted by atomic mass is 32.2. The van der Waals surface area contributed by atoms with Gasteiger partial charge in [0.15, 0.2) is 0 Å². The summed E-state index contributed by atoms with van der Waals surface area (Å²) < 4.78 is 136. The van der Waals surface area contributed by atoms with Crippen molar-refractivity contribution < 1.29 is 61.8 Å². The summed E-state index contributed by atoms with van der Waals surface area (Å²) in [5, 5.41) is 12.1. The summed E-state index contributed by atoms with van der Waals surface area (Å²) in [5.41, 5.74) is 3.89. The number of aromatic nitrogens is 4. The molecule has 0 saturated carbocycles. The summed E-state index contributed by atoms with van der Waals surface area (Å²) in [6.07, 6.45) is 0. The van der Waals surface area contributed by atoms with Gasteiger partial charge < -0.3 is 25.0 Å². The van der Waals surface area contributed by atoms with Crippen LogP contribution in [-0.2, 0) is 45.3 Å². The number of carboxylic acids is 1. The number of nitrogens with one attached hydrogen (secondary N) is 4. The second-order valence-electron chi connectivity index (χ2n) is 15.1. The molecule has 22 heteroatoms. The van der Waals surface area contributed by atoms with E-state index in [1.54, 1.807) is 30.3 Å². The van der Waals surface area contributed by atoms with Gasteiger partial charge in [-0.15, -0.1) is 0 Å². The van der Waals surface area contributed by atoms with Gasteiger partial charge in [-0.05, 0) is 113 Å². The van der Waals surface area contributed by atoms with Crippen LogP contribution in [0.4, 0.5) is 0 Å². The highest BCUT2D eigenvalue weighted by Crippen LogP contribution is 2.35. The highest BCUT2D eigenvalue weighted by Gasteiger charge is 2.25. The summed E-state index contributed by atoms with van der Waals surface area (Å²) >= 11 is 0. The predicted molar refractivity (Wildman–Crippen MR) is 241 cm³/mol. The van der Waals surface area contributed by atoms with Crippen LogP contribution in [0.25, 0.3) is 33.4 Å². The molecule has 9 rings (SSSR count). The minimum Gasteiger partial charge on any atom is -0.478 e. The second-order valence-corrected chi connectivity index (χ2v) is 20.8. The minimum atomic E-state index is -4.65. The fourth-order valence-electron chi connectivity index (χ4n) is 7.98. The van der Waals surface area contributed by atoms with E-state index in [2.05, 4.69) is 19.9 Å². The number of carbonyl (C=O) groups is 1. The van der Waals surface area contributed by atoms with Crippen LogP contribution in [0.3, 0.4) is 0 Å². The largest absolute Gasteiger partial charge is 0.478 e. The normalized spacial score (nSPS) is 13.6. The summed E-state index contributed by atoms with van der Waals surface area (Å²) in [7, 11) is -18.5. The predicted octanol–water partition coefficient (Wildman–Crippen LogP) is 2.99. The van der Waals surface area contributed by atoms with Crippen molar-refractivity contribution in [3.8, 4) is 11.1 Å². The highest BCUT2D eigenvalue weighted by molar-refractivity contribution is 7.86. The summed E-state index contributed by atoms with van der Waals surface area (Å²) in [6, 6.07) is 32.4. The molecule has 67 heavy (non-hydrogen) atoms. The fraction of sp³-hybridized carbons (Fsp3) is 0. The third-order valence-corrected chi connectivity index (χ3v) is 14.5. The molecule has 0 spiro atoms. The Morgan fingerprint density at radius 2 is 0.687 bits per heavy atom. The first kappa shape index (κ1) is 44.8. The molecule has 9 N–H and O–H groups in total. The number of fused-ring (bicyclic) bond motifs is 8. The smallest absolute Gasteiger partial charge is 0.339 e. The van der Waals surface area contributed by atoms with Crippen LogP contribution in [0.2, 0.25) is 0 Å². The standard InChI is InChI=1S/C45H32N4O14S4/c50-45(51)43-38-22-20-36(48-38)41(26-5-13-30(14-6-26)66(58,59)60)34-18-17-33(46-34)40(25-3-11-29(12-4-25)65(55,56)57)35-19-21-37(47-35)42(27-7-15-31(16-8-27)67(61,62)63)44-32(23-39(43)49-44)24-1-9-28(10-2-24)64(52,53)54/h1-23,46-49H,(H,50,51)(H,52,53,54)(H,55,56,57)(H,58,59,60)(H,61,62,63). The molecule has 4 aromatic heterocycles. The molecule has 0 unspecified atom stereocenters. The monoisotopic (exact) mass is 980 g/mol. The number of rotatable bonds is 9. The average molecular weight is 981 g/mol. The van der Waals surface area contributed by atoms with E-state index in [4.69, 9.17) is 0 Å². The van der Waals surface area contributed by atoms with E-state index in [0.717, 1.165) is 12.1 Å². The lowest BCUT2D eigenvalue weighted by Crippen LogP contribution is -2.21. The lowest BCUT2D eigenvalue weighted by atomic mass is 9.96. The summed E-state index contributed by atoms with van der Waals surface area (Å²) in [5.74, 6) is -1.39. The molecule has 0 aliphatic carbocycles. The van der Waals surface area contributed by atoms with Gasteiger partial charge in [0.2, 0.25) is 0 Å². The van der Waals surface area contributed by atoms with Crippen molar-refractivity contribution in [2.75, 3.05) is 0 Å². The lowest BCUT2D eigenvalue weighted by molar-refractivity contribution is -0.130. The van der Waals surface area contributed by atoms with Gasteiger partial charge in [0.05, 0.1) is 36.3 Å². The Kier molecular flexibility index (Phi) is 10.8. The first-order chi connectivity index (χ1) is 31.5. The van der Waals surface area contributed by atoms with Crippen LogP contribution in [0.5, 0.6) is 0 Å². The van der Waals surface area contributed by atoms with Crippen LogP contribution in [0, 0.1) is 0 Å². The molecule has 5 heterocycles. The quantitative estimate of drug-likeness (QED) is 0.0940. The van der Waals surface area contributed by atoms with Crippen molar-refractivity contribution in [1.29, 1.82) is 0 Å². The third-order valence-electron chi connectivity index (χ3n) is 11.0. The molecule has 8 aromatic rings. The molecule has 4 aromatic carbocycles.